The second kappa shape index (κ2) is 3.69. The van der Waals surface area contributed by atoms with E-state index >= 15 is 0 Å². The Bertz CT molecular complexity index is 742. The van der Waals surface area contributed by atoms with Gasteiger partial charge in [0.15, 0.2) is 5.58 Å². The SMILES string of the molecule is Cn1cc(-c2nc3cc(C(=O)O)ccc3o2)cn1. The predicted molar refractivity (Wildman–Crippen MR) is 63.2 cm³/mol. The lowest BCUT2D eigenvalue weighted by Gasteiger charge is -1.91. The number of hydrogen-bond donors (Lipinski definition) is 1. The van der Waals surface area contributed by atoms with Crippen LogP contribution in [0.5, 0.6) is 0 Å². The van der Waals surface area contributed by atoms with Gasteiger partial charge in [-0.05, 0) is 18.2 Å². The van der Waals surface area contributed by atoms with Gasteiger partial charge in [0.1, 0.15) is 5.52 Å². The zero-order chi connectivity index (χ0) is 12.7. The summed E-state index contributed by atoms with van der Waals surface area (Å²) in [7, 11) is 1.80. The normalized spacial score (nSPS) is 10.9. The summed E-state index contributed by atoms with van der Waals surface area (Å²) >= 11 is 0. The number of benzene rings is 1. The zero-order valence-corrected chi connectivity index (χ0v) is 9.49. The van der Waals surface area contributed by atoms with E-state index in [1.807, 2.05) is 0 Å². The summed E-state index contributed by atoms with van der Waals surface area (Å²) < 4.78 is 7.19. The van der Waals surface area contributed by atoms with Crippen molar-refractivity contribution in [2.45, 2.75) is 0 Å². The van der Waals surface area contributed by atoms with E-state index in [1.165, 1.54) is 12.1 Å². The van der Waals surface area contributed by atoms with Crippen molar-refractivity contribution < 1.29 is 14.3 Å². The van der Waals surface area contributed by atoms with Crippen LogP contribution in [0.15, 0.2) is 35.0 Å². The molecule has 3 aromatic rings. The van der Waals surface area contributed by atoms with Crippen LogP contribution in [-0.4, -0.2) is 25.8 Å². The maximum absolute atomic E-state index is 10.9. The van der Waals surface area contributed by atoms with Gasteiger partial charge >= 0.3 is 5.97 Å². The number of aromatic carboxylic acids is 1. The first-order chi connectivity index (χ1) is 8.63. The minimum Gasteiger partial charge on any atom is -0.478 e. The second-order valence-corrected chi connectivity index (χ2v) is 3.91. The molecule has 3 rings (SSSR count). The van der Waals surface area contributed by atoms with Crippen LogP contribution in [0, 0.1) is 0 Å². The number of oxazole rings is 1. The van der Waals surface area contributed by atoms with Crippen LogP contribution in [0.2, 0.25) is 0 Å². The molecule has 0 aliphatic rings. The van der Waals surface area contributed by atoms with E-state index < -0.39 is 5.97 Å². The lowest BCUT2D eigenvalue weighted by atomic mass is 10.2. The van der Waals surface area contributed by atoms with Gasteiger partial charge < -0.3 is 9.52 Å². The quantitative estimate of drug-likeness (QED) is 0.743. The van der Waals surface area contributed by atoms with Crippen LogP contribution in [-0.2, 0) is 7.05 Å². The molecule has 0 fully saturated rings. The van der Waals surface area contributed by atoms with Gasteiger partial charge in [0.2, 0.25) is 5.89 Å². The number of rotatable bonds is 2. The Balaban J connectivity index is 2.13. The fourth-order valence-electron chi connectivity index (χ4n) is 1.72. The molecule has 2 aromatic heterocycles. The van der Waals surface area contributed by atoms with Crippen molar-refractivity contribution in [3.63, 3.8) is 0 Å². The minimum atomic E-state index is -0.983. The Morgan fingerprint density at radius 3 is 2.94 bits per heavy atom. The lowest BCUT2D eigenvalue weighted by Crippen LogP contribution is -1.94. The summed E-state index contributed by atoms with van der Waals surface area (Å²) in [6.07, 6.45) is 3.42. The largest absolute Gasteiger partial charge is 0.478 e. The summed E-state index contributed by atoms with van der Waals surface area (Å²) in [6, 6.07) is 4.58. The van der Waals surface area contributed by atoms with Crippen molar-refractivity contribution in [1.82, 2.24) is 14.8 Å². The van der Waals surface area contributed by atoms with Crippen LogP contribution < -0.4 is 0 Å². The lowest BCUT2D eigenvalue weighted by molar-refractivity contribution is 0.0697. The highest BCUT2D eigenvalue weighted by molar-refractivity contribution is 5.92. The van der Waals surface area contributed by atoms with Crippen LogP contribution in [0.25, 0.3) is 22.6 Å². The Hall–Kier alpha value is -2.63. The van der Waals surface area contributed by atoms with Crippen LogP contribution >= 0.6 is 0 Å². The van der Waals surface area contributed by atoms with E-state index in [0.29, 0.717) is 17.0 Å². The van der Waals surface area contributed by atoms with Gasteiger partial charge in [-0.25, -0.2) is 9.78 Å². The van der Waals surface area contributed by atoms with Crippen molar-refractivity contribution in [1.29, 1.82) is 0 Å². The molecular formula is C12H9N3O3. The maximum atomic E-state index is 10.9. The minimum absolute atomic E-state index is 0.188. The van der Waals surface area contributed by atoms with E-state index in [-0.39, 0.29) is 5.56 Å². The highest BCUT2D eigenvalue weighted by Gasteiger charge is 2.12. The van der Waals surface area contributed by atoms with Gasteiger partial charge in [0.05, 0.1) is 17.3 Å². The molecule has 0 radical (unpaired) electrons. The molecular weight excluding hydrogens is 234 g/mol. The molecule has 0 spiro atoms. The van der Waals surface area contributed by atoms with E-state index in [0.717, 1.165) is 5.56 Å². The smallest absolute Gasteiger partial charge is 0.335 e. The van der Waals surface area contributed by atoms with Crippen molar-refractivity contribution >= 4 is 17.1 Å². The van der Waals surface area contributed by atoms with Gasteiger partial charge in [0, 0.05) is 13.2 Å². The summed E-state index contributed by atoms with van der Waals surface area (Å²) in [5.74, 6) is -0.552. The van der Waals surface area contributed by atoms with Gasteiger partial charge in [-0.2, -0.15) is 5.10 Å². The molecule has 0 saturated carbocycles. The number of carboxylic acids is 1. The first-order valence-corrected chi connectivity index (χ1v) is 5.26. The van der Waals surface area contributed by atoms with Crippen LogP contribution in [0.4, 0.5) is 0 Å². The zero-order valence-electron chi connectivity index (χ0n) is 9.49. The van der Waals surface area contributed by atoms with E-state index in [1.54, 1.807) is 30.2 Å². The Labute approximate surface area is 101 Å². The molecule has 0 bridgehead atoms. The van der Waals surface area contributed by atoms with E-state index in [4.69, 9.17) is 9.52 Å². The first-order valence-electron chi connectivity index (χ1n) is 5.26. The topological polar surface area (TPSA) is 81.2 Å². The maximum Gasteiger partial charge on any atom is 0.335 e. The van der Waals surface area contributed by atoms with Crippen LogP contribution in [0.3, 0.4) is 0 Å². The third-order valence-corrected chi connectivity index (χ3v) is 2.59. The molecule has 6 heteroatoms. The Morgan fingerprint density at radius 1 is 1.44 bits per heavy atom. The number of nitrogens with zero attached hydrogens (tertiary/aromatic N) is 3. The summed E-state index contributed by atoms with van der Waals surface area (Å²) in [5, 5.41) is 12.9. The first kappa shape index (κ1) is 10.5. The van der Waals surface area contributed by atoms with Crippen LogP contribution in [0.1, 0.15) is 10.4 Å². The van der Waals surface area contributed by atoms with E-state index in [9.17, 15) is 4.79 Å². The average Bonchev–Trinajstić information content (AvgIpc) is 2.93. The second-order valence-electron chi connectivity index (χ2n) is 3.91. The number of aryl methyl sites for hydroxylation is 1. The van der Waals surface area contributed by atoms with Crippen molar-refractivity contribution in [2.24, 2.45) is 7.05 Å². The average molecular weight is 243 g/mol. The summed E-state index contributed by atoms with van der Waals surface area (Å²) in [6.45, 7) is 0. The summed E-state index contributed by atoms with van der Waals surface area (Å²) in [4.78, 5) is 15.1. The highest BCUT2D eigenvalue weighted by Crippen LogP contribution is 2.24. The van der Waals surface area contributed by atoms with Crippen molar-refractivity contribution in [3.8, 4) is 11.5 Å². The molecule has 0 aliphatic heterocycles. The van der Waals surface area contributed by atoms with Gasteiger partial charge in [-0.15, -0.1) is 0 Å². The van der Waals surface area contributed by atoms with Crippen molar-refractivity contribution in [3.05, 3.63) is 36.2 Å². The molecule has 0 amide bonds. The standard InChI is InChI=1S/C12H9N3O3/c1-15-6-8(5-13-15)11-14-9-4-7(12(16)17)2-3-10(9)18-11/h2-6H,1H3,(H,16,17). The van der Waals surface area contributed by atoms with Crippen molar-refractivity contribution in [2.75, 3.05) is 0 Å². The molecule has 90 valence electrons. The highest BCUT2D eigenvalue weighted by atomic mass is 16.4. The summed E-state index contributed by atoms with van der Waals surface area (Å²) in [5.41, 5.74) is 2.02. The Kier molecular flexibility index (Phi) is 2.16. The molecule has 0 aliphatic carbocycles. The molecule has 6 nitrogen and oxygen atoms in total. The fourth-order valence-corrected chi connectivity index (χ4v) is 1.72. The predicted octanol–water partition coefficient (Wildman–Crippen LogP) is 1.93. The molecule has 1 N–H and O–H groups in total. The molecule has 0 saturated heterocycles. The van der Waals surface area contributed by atoms with Gasteiger partial charge in [-0.1, -0.05) is 0 Å². The van der Waals surface area contributed by atoms with E-state index in [2.05, 4.69) is 10.1 Å². The fraction of sp³-hybridized carbons (Fsp3) is 0.0833. The molecule has 0 unspecified atom stereocenters. The third kappa shape index (κ3) is 1.64. The number of carbonyl (C=O) groups is 1. The molecule has 1 aromatic carbocycles. The number of fused-ring (bicyclic) bond motifs is 1. The molecule has 0 atom stereocenters. The van der Waals surface area contributed by atoms with Gasteiger partial charge in [-0.3, -0.25) is 4.68 Å². The monoisotopic (exact) mass is 243 g/mol. The number of aromatic nitrogens is 3. The molecule has 2 heterocycles. The van der Waals surface area contributed by atoms with Gasteiger partial charge in [0.25, 0.3) is 0 Å². The molecule has 18 heavy (non-hydrogen) atoms. The number of carboxylic acid groups (broad SMARTS) is 1. The third-order valence-electron chi connectivity index (χ3n) is 2.59. The number of hydrogen-bond acceptors (Lipinski definition) is 4. The Morgan fingerprint density at radius 2 is 2.28 bits per heavy atom.